The first-order chi connectivity index (χ1) is 9.72. The van der Waals surface area contributed by atoms with Crippen LogP contribution in [0.5, 0.6) is 0 Å². The summed E-state index contributed by atoms with van der Waals surface area (Å²) >= 11 is 3.78. The van der Waals surface area contributed by atoms with Gasteiger partial charge in [-0.2, -0.15) is 5.10 Å². The highest BCUT2D eigenvalue weighted by Crippen LogP contribution is 2.21. The number of amides is 1. The first-order valence-electron chi connectivity index (χ1n) is 6.52. The van der Waals surface area contributed by atoms with Gasteiger partial charge >= 0.3 is 0 Å². The van der Waals surface area contributed by atoms with Crippen molar-refractivity contribution in [2.24, 2.45) is 0 Å². The highest BCUT2D eigenvalue weighted by molar-refractivity contribution is 14.1. The van der Waals surface area contributed by atoms with Crippen LogP contribution < -0.4 is 10.6 Å². The highest BCUT2D eigenvalue weighted by Gasteiger charge is 2.16. The first-order valence-corrected chi connectivity index (χ1v) is 8.48. The summed E-state index contributed by atoms with van der Waals surface area (Å²) in [7, 11) is 0. The van der Waals surface area contributed by atoms with Crippen LogP contribution >= 0.6 is 33.9 Å². The third kappa shape index (κ3) is 3.21. The molecule has 0 radical (unpaired) electrons. The lowest BCUT2D eigenvalue weighted by molar-refractivity contribution is 0.102. The molecule has 1 amide bonds. The molecule has 2 N–H and O–H groups in total. The summed E-state index contributed by atoms with van der Waals surface area (Å²) in [5.74, 6) is -0.0750. The topological polar surface area (TPSA) is 59.0 Å². The van der Waals surface area contributed by atoms with E-state index in [2.05, 4.69) is 38.3 Å². The van der Waals surface area contributed by atoms with E-state index in [1.807, 2.05) is 22.3 Å². The second-order valence-corrected chi connectivity index (χ2v) is 7.59. The lowest BCUT2D eigenvalue weighted by atomic mass is 10.1. The number of hydrogen-bond donors (Lipinski definition) is 2. The van der Waals surface area contributed by atoms with Gasteiger partial charge in [-0.3, -0.25) is 9.48 Å². The van der Waals surface area contributed by atoms with E-state index in [0.717, 1.165) is 34.5 Å². The third-order valence-electron chi connectivity index (χ3n) is 3.37. The zero-order valence-corrected chi connectivity index (χ0v) is 13.8. The van der Waals surface area contributed by atoms with Gasteiger partial charge in [0.15, 0.2) is 0 Å². The molecule has 0 aromatic carbocycles. The Bertz CT molecular complexity index is 603. The Kier molecular flexibility index (Phi) is 4.37. The molecule has 2 aromatic rings. The Labute approximate surface area is 134 Å². The number of thiophene rings is 1. The lowest BCUT2D eigenvalue weighted by Gasteiger charge is -2.22. The summed E-state index contributed by atoms with van der Waals surface area (Å²) in [5, 5.41) is 12.5. The van der Waals surface area contributed by atoms with Crippen LogP contribution in [0.15, 0.2) is 23.8 Å². The van der Waals surface area contributed by atoms with Gasteiger partial charge in [0.1, 0.15) is 0 Å². The van der Waals surface area contributed by atoms with Gasteiger partial charge in [-0.05, 0) is 54.6 Å². The lowest BCUT2D eigenvalue weighted by Crippen LogP contribution is -2.29. The Morgan fingerprint density at radius 3 is 3.00 bits per heavy atom. The molecule has 1 saturated heterocycles. The Morgan fingerprint density at radius 2 is 2.30 bits per heavy atom. The van der Waals surface area contributed by atoms with E-state index >= 15 is 0 Å². The molecule has 0 bridgehead atoms. The van der Waals surface area contributed by atoms with Crippen molar-refractivity contribution >= 4 is 45.5 Å². The predicted octanol–water partition coefficient (Wildman–Crippen LogP) is 2.73. The summed E-state index contributed by atoms with van der Waals surface area (Å²) in [6.45, 7) is 2.05. The van der Waals surface area contributed by atoms with E-state index in [0.29, 0.717) is 11.6 Å². The molecule has 3 heterocycles. The first kappa shape index (κ1) is 14.0. The number of hydrogen-bond acceptors (Lipinski definition) is 4. The fourth-order valence-electron chi connectivity index (χ4n) is 2.31. The van der Waals surface area contributed by atoms with Crippen LogP contribution in [0.4, 0.5) is 5.69 Å². The number of nitrogens with one attached hydrogen (secondary N) is 2. The number of rotatable bonds is 3. The van der Waals surface area contributed by atoms with Crippen molar-refractivity contribution in [3.05, 3.63) is 32.3 Å². The van der Waals surface area contributed by atoms with Gasteiger partial charge in [0.05, 0.1) is 26.4 Å². The van der Waals surface area contributed by atoms with Crippen LogP contribution in [-0.2, 0) is 0 Å². The van der Waals surface area contributed by atoms with Crippen molar-refractivity contribution in [3.63, 3.8) is 0 Å². The van der Waals surface area contributed by atoms with Crippen molar-refractivity contribution in [3.8, 4) is 0 Å². The van der Waals surface area contributed by atoms with Crippen LogP contribution in [0.3, 0.4) is 0 Å². The second-order valence-electron chi connectivity index (χ2n) is 4.78. The zero-order valence-electron chi connectivity index (χ0n) is 10.8. The maximum atomic E-state index is 12.1. The SMILES string of the molecule is O=C(Nc1cnn(C2CCNCC2)c1)c1csc(I)c1. The van der Waals surface area contributed by atoms with Gasteiger partial charge in [-0.15, -0.1) is 11.3 Å². The molecule has 7 heteroatoms. The van der Waals surface area contributed by atoms with Crippen molar-refractivity contribution in [2.75, 3.05) is 18.4 Å². The number of aromatic nitrogens is 2. The minimum absolute atomic E-state index is 0.0750. The quantitative estimate of drug-likeness (QED) is 0.777. The zero-order chi connectivity index (χ0) is 13.9. The average Bonchev–Trinajstić information content (AvgIpc) is 3.09. The molecule has 0 spiro atoms. The number of nitrogens with zero attached hydrogens (tertiary/aromatic N) is 2. The van der Waals surface area contributed by atoms with Crippen LogP contribution in [0.1, 0.15) is 29.2 Å². The van der Waals surface area contributed by atoms with Gasteiger partial charge in [0.2, 0.25) is 0 Å². The monoisotopic (exact) mass is 402 g/mol. The van der Waals surface area contributed by atoms with Crippen molar-refractivity contribution in [1.82, 2.24) is 15.1 Å². The van der Waals surface area contributed by atoms with E-state index in [-0.39, 0.29) is 5.91 Å². The van der Waals surface area contributed by atoms with Crippen molar-refractivity contribution in [2.45, 2.75) is 18.9 Å². The molecule has 106 valence electrons. The molecule has 0 unspecified atom stereocenters. The van der Waals surface area contributed by atoms with Crippen LogP contribution in [0, 0.1) is 2.88 Å². The average molecular weight is 402 g/mol. The Hall–Kier alpha value is -0.930. The second kappa shape index (κ2) is 6.23. The normalized spacial score (nSPS) is 16.2. The van der Waals surface area contributed by atoms with E-state index < -0.39 is 0 Å². The molecule has 0 atom stereocenters. The minimum atomic E-state index is -0.0750. The van der Waals surface area contributed by atoms with Crippen LogP contribution in [-0.4, -0.2) is 28.8 Å². The molecule has 2 aromatic heterocycles. The fraction of sp³-hybridized carbons (Fsp3) is 0.385. The number of piperidine rings is 1. The number of carbonyl (C=O) groups is 1. The maximum absolute atomic E-state index is 12.1. The highest BCUT2D eigenvalue weighted by atomic mass is 127. The van der Waals surface area contributed by atoms with E-state index in [1.54, 1.807) is 17.5 Å². The summed E-state index contributed by atoms with van der Waals surface area (Å²) in [4.78, 5) is 12.1. The maximum Gasteiger partial charge on any atom is 0.256 e. The smallest absolute Gasteiger partial charge is 0.256 e. The fourth-order valence-corrected chi connectivity index (χ4v) is 3.63. The number of anilines is 1. The van der Waals surface area contributed by atoms with Gasteiger partial charge in [-0.1, -0.05) is 0 Å². The van der Waals surface area contributed by atoms with Crippen molar-refractivity contribution in [1.29, 1.82) is 0 Å². The summed E-state index contributed by atoms with van der Waals surface area (Å²) in [6, 6.07) is 2.32. The van der Waals surface area contributed by atoms with Crippen molar-refractivity contribution < 1.29 is 4.79 Å². The summed E-state index contributed by atoms with van der Waals surface area (Å²) in [5.41, 5.74) is 1.46. The molecule has 0 aliphatic carbocycles. The van der Waals surface area contributed by atoms with Gasteiger partial charge < -0.3 is 10.6 Å². The molecule has 20 heavy (non-hydrogen) atoms. The molecule has 0 saturated carbocycles. The standard InChI is InChI=1S/C13H15IN4OS/c14-12-5-9(8-20-12)13(19)17-10-6-16-18(7-10)11-1-3-15-4-2-11/h5-8,11,15H,1-4H2,(H,17,19). The molecular weight excluding hydrogens is 387 g/mol. The third-order valence-corrected chi connectivity index (χ3v) is 5.16. The number of carbonyl (C=O) groups excluding carboxylic acids is 1. The molecule has 1 aliphatic heterocycles. The van der Waals surface area contributed by atoms with E-state index in [9.17, 15) is 4.79 Å². The van der Waals surface area contributed by atoms with Gasteiger partial charge in [0, 0.05) is 11.6 Å². The van der Waals surface area contributed by atoms with E-state index in [4.69, 9.17) is 0 Å². The molecule has 5 nitrogen and oxygen atoms in total. The predicted molar refractivity (Wildman–Crippen MR) is 88.4 cm³/mol. The molecular formula is C13H15IN4OS. The summed E-state index contributed by atoms with van der Waals surface area (Å²) in [6.07, 6.45) is 5.80. The Morgan fingerprint density at radius 1 is 1.50 bits per heavy atom. The number of halogens is 1. The van der Waals surface area contributed by atoms with Crippen LogP contribution in [0.2, 0.25) is 0 Å². The largest absolute Gasteiger partial charge is 0.319 e. The van der Waals surface area contributed by atoms with Gasteiger partial charge in [-0.25, -0.2) is 0 Å². The minimum Gasteiger partial charge on any atom is -0.319 e. The van der Waals surface area contributed by atoms with Crippen LogP contribution in [0.25, 0.3) is 0 Å². The summed E-state index contributed by atoms with van der Waals surface area (Å²) < 4.78 is 3.08. The molecule has 3 rings (SSSR count). The van der Waals surface area contributed by atoms with E-state index in [1.165, 1.54) is 0 Å². The Balaban J connectivity index is 1.66. The molecule has 1 aliphatic rings. The molecule has 1 fully saturated rings. The van der Waals surface area contributed by atoms with Gasteiger partial charge in [0.25, 0.3) is 5.91 Å².